The molecule has 0 aliphatic carbocycles. The first-order valence-electron chi connectivity index (χ1n) is 7.70. The number of rotatable bonds is 6. The summed E-state index contributed by atoms with van der Waals surface area (Å²) in [5.41, 5.74) is 6.20. The van der Waals surface area contributed by atoms with Gasteiger partial charge in [-0.3, -0.25) is 9.79 Å². The molecule has 124 valence electrons. The third-order valence-corrected chi connectivity index (χ3v) is 5.61. The number of nitrogens with zero attached hydrogens (tertiary/aromatic N) is 3. The minimum atomic E-state index is -0.958. The number of allylic oxidation sites excluding steroid dienone is 1. The lowest BCUT2D eigenvalue weighted by molar-refractivity contribution is -0.132. The van der Waals surface area contributed by atoms with E-state index in [2.05, 4.69) is 9.89 Å². The van der Waals surface area contributed by atoms with E-state index in [4.69, 9.17) is 18.0 Å². The molecule has 0 bridgehead atoms. The zero-order chi connectivity index (χ0) is 16.8. The van der Waals surface area contributed by atoms with E-state index in [1.54, 1.807) is 17.2 Å². The monoisotopic (exact) mass is 342 g/mol. The predicted molar refractivity (Wildman–Crippen MR) is 99.4 cm³/mol. The molecule has 2 N–H and O–H groups in total. The summed E-state index contributed by atoms with van der Waals surface area (Å²) in [6, 6.07) is 0. The van der Waals surface area contributed by atoms with Gasteiger partial charge in [0.2, 0.25) is 5.91 Å². The van der Waals surface area contributed by atoms with Gasteiger partial charge < -0.3 is 15.5 Å². The van der Waals surface area contributed by atoms with Crippen molar-refractivity contribution in [3.8, 4) is 0 Å². The molecule has 1 aliphatic rings. The number of carbonyl (C=O) groups is 1. The number of nitrogens with two attached hydrogens (primary N) is 1. The van der Waals surface area contributed by atoms with E-state index in [1.807, 2.05) is 33.8 Å². The van der Waals surface area contributed by atoms with E-state index in [9.17, 15) is 4.79 Å². The Balaban J connectivity index is 3.14. The second kappa shape index (κ2) is 8.64. The molecule has 1 heterocycles. The average Bonchev–Trinajstić information content (AvgIpc) is 2.52. The van der Waals surface area contributed by atoms with Crippen LogP contribution in [0.4, 0.5) is 0 Å². The molecule has 0 aromatic rings. The summed E-state index contributed by atoms with van der Waals surface area (Å²) in [7, 11) is 0. The fourth-order valence-electron chi connectivity index (χ4n) is 2.32. The van der Waals surface area contributed by atoms with Gasteiger partial charge >= 0.3 is 0 Å². The van der Waals surface area contributed by atoms with Crippen LogP contribution in [0.3, 0.4) is 0 Å². The quantitative estimate of drug-likeness (QED) is 0.747. The van der Waals surface area contributed by atoms with Crippen molar-refractivity contribution in [1.29, 1.82) is 0 Å². The zero-order valence-corrected chi connectivity index (χ0v) is 15.4. The Morgan fingerprint density at radius 3 is 2.23 bits per heavy atom. The highest BCUT2D eigenvalue weighted by molar-refractivity contribution is 8.24. The Bertz CT molecular complexity index is 458. The van der Waals surface area contributed by atoms with E-state index in [0.717, 1.165) is 13.1 Å². The van der Waals surface area contributed by atoms with Crippen LogP contribution in [0.25, 0.3) is 0 Å². The standard InChI is InChI=1S/C15H26N4OS2/c1-5-18(6-2)13(20)15(10-9-11-17-12(15)16)22-14(21)19(7-3)8-4/h9-12H,5-8,16H2,1-4H3. The van der Waals surface area contributed by atoms with Crippen molar-refractivity contribution in [2.45, 2.75) is 38.6 Å². The van der Waals surface area contributed by atoms with E-state index >= 15 is 0 Å². The number of amides is 1. The maximum Gasteiger partial charge on any atom is 0.246 e. The molecular weight excluding hydrogens is 316 g/mol. The molecule has 0 aromatic heterocycles. The molecule has 0 saturated heterocycles. The molecule has 2 atom stereocenters. The fraction of sp³-hybridized carbons (Fsp3) is 0.667. The van der Waals surface area contributed by atoms with Crippen molar-refractivity contribution < 1.29 is 4.79 Å². The lowest BCUT2D eigenvalue weighted by Crippen LogP contribution is -2.57. The van der Waals surface area contributed by atoms with Gasteiger partial charge in [-0.1, -0.05) is 30.1 Å². The summed E-state index contributed by atoms with van der Waals surface area (Å²) in [4.78, 5) is 21.1. The number of thiocarbonyl (C=S) groups is 1. The molecule has 1 amide bonds. The first-order chi connectivity index (χ1) is 10.5. The SMILES string of the molecule is CCN(CC)C(=O)C1(SC(=S)N(CC)CC)C=CC=NC1N. The Morgan fingerprint density at radius 2 is 1.77 bits per heavy atom. The second-order valence-electron chi connectivity index (χ2n) is 4.91. The minimum absolute atomic E-state index is 0.0300. The molecule has 0 fully saturated rings. The smallest absolute Gasteiger partial charge is 0.246 e. The van der Waals surface area contributed by atoms with Gasteiger partial charge in [-0.05, 0) is 33.8 Å². The molecular formula is C15H26N4OS2. The van der Waals surface area contributed by atoms with Crippen molar-refractivity contribution in [2.75, 3.05) is 26.2 Å². The Morgan fingerprint density at radius 1 is 1.23 bits per heavy atom. The van der Waals surface area contributed by atoms with Crippen molar-refractivity contribution in [1.82, 2.24) is 9.80 Å². The van der Waals surface area contributed by atoms with E-state index in [1.165, 1.54) is 11.8 Å². The summed E-state index contributed by atoms with van der Waals surface area (Å²) in [6.45, 7) is 10.9. The van der Waals surface area contributed by atoms with Crippen LogP contribution in [0.2, 0.25) is 0 Å². The normalized spacial score (nSPS) is 23.4. The van der Waals surface area contributed by atoms with Gasteiger partial charge in [0.15, 0.2) is 4.75 Å². The summed E-state index contributed by atoms with van der Waals surface area (Å²) in [5.74, 6) is -0.0300. The van der Waals surface area contributed by atoms with Gasteiger partial charge in [0.05, 0.1) is 0 Å². The average molecular weight is 343 g/mol. The topological polar surface area (TPSA) is 61.9 Å². The van der Waals surface area contributed by atoms with Crippen molar-refractivity contribution in [3.05, 3.63) is 12.2 Å². The Hall–Kier alpha value is -0.920. The molecule has 7 heteroatoms. The number of aliphatic imine (C=N–C) groups is 1. The summed E-state index contributed by atoms with van der Waals surface area (Å²) in [5, 5.41) is 0. The predicted octanol–water partition coefficient (Wildman–Crippen LogP) is 1.88. The Labute approximate surface area is 143 Å². The van der Waals surface area contributed by atoms with Gasteiger partial charge in [-0.2, -0.15) is 0 Å². The molecule has 5 nitrogen and oxygen atoms in total. The molecule has 1 rings (SSSR count). The van der Waals surface area contributed by atoms with Gasteiger partial charge in [0.25, 0.3) is 0 Å². The van der Waals surface area contributed by atoms with Crippen LogP contribution in [-0.4, -0.2) is 63.3 Å². The van der Waals surface area contributed by atoms with Crippen molar-refractivity contribution in [2.24, 2.45) is 10.7 Å². The molecule has 0 saturated carbocycles. The van der Waals surface area contributed by atoms with Crippen LogP contribution in [0.1, 0.15) is 27.7 Å². The first kappa shape index (κ1) is 19.1. The van der Waals surface area contributed by atoms with Crippen LogP contribution in [0.15, 0.2) is 17.1 Å². The van der Waals surface area contributed by atoms with Gasteiger partial charge in [-0.25, -0.2) is 0 Å². The van der Waals surface area contributed by atoms with Gasteiger partial charge in [-0.15, -0.1) is 0 Å². The van der Waals surface area contributed by atoms with Crippen molar-refractivity contribution in [3.63, 3.8) is 0 Å². The lowest BCUT2D eigenvalue weighted by atomic mass is 10.0. The van der Waals surface area contributed by atoms with Crippen molar-refractivity contribution >= 4 is 40.4 Å². The third kappa shape index (κ3) is 3.88. The molecule has 2 unspecified atom stereocenters. The lowest BCUT2D eigenvalue weighted by Gasteiger charge is -2.38. The number of hydrogen-bond donors (Lipinski definition) is 1. The van der Waals surface area contributed by atoms with E-state index in [0.29, 0.717) is 17.4 Å². The number of carbonyl (C=O) groups excluding carboxylic acids is 1. The zero-order valence-electron chi connectivity index (χ0n) is 13.8. The van der Waals surface area contributed by atoms with Gasteiger partial charge in [0.1, 0.15) is 10.5 Å². The van der Waals surface area contributed by atoms with E-state index < -0.39 is 10.9 Å². The number of dihydropyridines is 1. The van der Waals surface area contributed by atoms with Crippen LogP contribution in [0, 0.1) is 0 Å². The molecule has 1 aliphatic heterocycles. The van der Waals surface area contributed by atoms with E-state index in [-0.39, 0.29) is 5.91 Å². The highest BCUT2D eigenvalue weighted by Crippen LogP contribution is 2.36. The fourth-order valence-corrected chi connectivity index (χ4v) is 4.22. The van der Waals surface area contributed by atoms with Crippen LogP contribution < -0.4 is 5.73 Å². The first-order valence-corrected chi connectivity index (χ1v) is 8.93. The molecule has 0 radical (unpaired) electrons. The summed E-state index contributed by atoms with van der Waals surface area (Å²) >= 11 is 6.88. The molecule has 22 heavy (non-hydrogen) atoms. The second-order valence-corrected chi connectivity index (χ2v) is 6.82. The summed E-state index contributed by atoms with van der Waals surface area (Å²) in [6.07, 6.45) is 4.62. The molecule has 0 aromatic carbocycles. The maximum absolute atomic E-state index is 13.0. The van der Waals surface area contributed by atoms with Crippen LogP contribution >= 0.6 is 24.0 Å². The highest BCUT2D eigenvalue weighted by Gasteiger charge is 2.47. The third-order valence-electron chi connectivity index (χ3n) is 3.78. The Kier molecular flexibility index (Phi) is 7.52. The number of thioether (sulfide) groups is 1. The molecule has 0 spiro atoms. The summed E-state index contributed by atoms with van der Waals surface area (Å²) < 4.78 is -0.275. The highest BCUT2D eigenvalue weighted by atomic mass is 32.2. The largest absolute Gasteiger partial charge is 0.358 e. The van der Waals surface area contributed by atoms with Crippen LogP contribution in [-0.2, 0) is 4.79 Å². The minimum Gasteiger partial charge on any atom is -0.358 e. The van der Waals surface area contributed by atoms with Gasteiger partial charge in [0, 0.05) is 32.4 Å². The number of hydrogen-bond acceptors (Lipinski definition) is 5. The van der Waals surface area contributed by atoms with Crippen LogP contribution in [0.5, 0.6) is 0 Å². The maximum atomic E-state index is 13.0.